The van der Waals surface area contributed by atoms with Crippen LogP contribution in [0.2, 0.25) is 0 Å². The minimum Gasteiger partial charge on any atom is -0.489 e. The highest BCUT2D eigenvalue weighted by atomic mass is 19.1. The zero-order valence-corrected chi connectivity index (χ0v) is 10.5. The molecule has 0 aliphatic carbocycles. The Morgan fingerprint density at radius 3 is 2.89 bits per heavy atom. The Morgan fingerprint density at radius 1 is 1.33 bits per heavy atom. The molecular formula is C14H16FNO2. The van der Waals surface area contributed by atoms with E-state index in [-0.39, 0.29) is 5.82 Å². The molecule has 0 spiro atoms. The third kappa shape index (κ3) is 2.90. The van der Waals surface area contributed by atoms with Gasteiger partial charge in [0, 0.05) is 11.6 Å². The van der Waals surface area contributed by atoms with Crippen LogP contribution in [0.5, 0.6) is 5.75 Å². The van der Waals surface area contributed by atoms with Crippen molar-refractivity contribution in [3.63, 3.8) is 0 Å². The van der Waals surface area contributed by atoms with E-state index in [9.17, 15) is 4.39 Å². The smallest absolute Gasteiger partial charge is 0.129 e. The van der Waals surface area contributed by atoms with Gasteiger partial charge in [-0.1, -0.05) is 6.07 Å². The zero-order valence-electron chi connectivity index (χ0n) is 10.5. The summed E-state index contributed by atoms with van der Waals surface area (Å²) in [6.07, 6.45) is 1.63. The van der Waals surface area contributed by atoms with Crippen molar-refractivity contribution in [3.05, 3.63) is 53.2 Å². The fourth-order valence-electron chi connectivity index (χ4n) is 1.64. The van der Waals surface area contributed by atoms with Crippen molar-refractivity contribution in [2.24, 2.45) is 0 Å². The first-order valence-corrected chi connectivity index (χ1v) is 5.79. The Kier molecular flexibility index (Phi) is 3.99. The van der Waals surface area contributed by atoms with Crippen molar-refractivity contribution in [1.82, 2.24) is 5.32 Å². The highest BCUT2D eigenvalue weighted by molar-refractivity contribution is 5.28. The van der Waals surface area contributed by atoms with E-state index in [1.807, 2.05) is 13.1 Å². The topological polar surface area (TPSA) is 34.4 Å². The molecule has 0 aliphatic rings. The summed E-state index contributed by atoms with van der Waals surface area (Å²) in [5.74, 6) is 1.11. The van der Waals surface area contributed by atoms with Gasteiger partial charge in [0.15, 0.2) is 0 Å². The van der Waals surface area contributed by atoms with Gasteiger partial charge in [-0.3, -0.25) is 0 Å². The van der Waals surface area contributed by atoms with Crippen LogP contribution >= 0.6 is 0 Å². The molecule has 3 nitrogen and oxygen atoms in total. The van der Waals surface area contributed by atoms with E-state index in [0.29, 0.717) is 24.5 Å². The highest BCUT2D eigenvalue weighted by Crippen LogP contribution is 2.18. The summed E-state index contributed by atoms with van der Waals surface area (Å²) in [7, 11) is 1.85. The van der Waals surface area contributed by atoms with Gasteiger partial charge in [-0.05, 0) is 31.7 Å². The van der Waals surface area contributed by atoms with Crippen molar-refractivity contribution < 1.29 is 13.5 Å². The average Bonchev–Trinajstić information content (AvgIpc) is 2.79. The van der Waals surface area contributed by atoms with Gasteiger partial charge >= 0.3 is 0 Å². The maximum absolute atomic E-state index is 13.3. The van der Waals surface area contributed by atoms with Gasteiger partial charge < -0.3 is 14.5 Å². The summed E-state index contributed by atoms with van der Waals surface area (Å²) >= 11 is 0. The van der Waals surface area contributed by atoms with Crippen molar-refractivity contribution in [1.29, 1.82) is 0 Å². The zero-order chi connectivity index (χ0) is 13.0. The van der Waals surface area contributed by atoms with Crippen molar-refractivity contribution in [2.45, 2.75) is 20.1 Å². The van der Waals surface area contributed by atoms with E-state index >= 15 is 0 Å². The molecule has 0 fully saturated rings. The minimum absolute atomic E-state index is 0.254. The third-order valence-corrected chi connectivity index (χ3v) is 2.71. The summed E-state index contributed by atoms with van der Waals surface area (Å²) in [6, 6.07) is 6.72. The largest absolute Gasteiger partial charge is 0.489 e. The Bertz CT molecular complexity index is 522. The van der Waals surface area contributed by atoms with Gasteiger partial charge in [0.2, 0.25) is 0 Å². The second kappa shape index (κ2) is 5.69. The number of benzene rings is 1. The second-order valence-corrected chi connectivity index (χ2v) is 4.10. The van der Waals surface area contributed by atoms with Crippen LogP contribution in [0.3, 0.4) is 0 Å². The van der Waals surface area contributed by atoms with Crippen LogP contribution in [-0.2, 0) is 13.2 Å². The molecule has 18 heavy (non-hydrogen) atoms. The van der Waals surface area contributed by atoms with Crippen molar-refractivity contribution >= 4 is 0 Å². The summed E-state index contributed by atoms with van der Waals surface area (Å²) in [5, 5.41) is 3.02. The summed E-state index contributed by atoms with van der Waals surface area (Å²) < 4.78 is 24.2. The number of aryl methyl sites for hydroxylation is 1. The molecule has 1 heterocycles. The predicted molar refractivity (Wildman–Crippen MR) is 66.9 cm³/mol. The molecule has 1 aromatic heterocycles. The van der Waals surface area contributed by atoms with Gasteiger partial charge in [0.05, 0.1) is 12.8 Å². The molecule has 0 bridgehead atoms. The number of hydrogen-bond acceptors (Lipinski definition) is 3. The standard InChI is InChI=1S/C14H16FNO2/c1-10-3-4-12(7-13(10)15)18-9-11-5-6-17-14(11)8-16-2/h3-7,16H,8-9H2,1-2H3. The number of rotatable bonds is 5. The third-order valence-electron chi connectivity index (χ3n) is 2.71. The molecule has 0 saturated heterocycles. The number of hydrogen-bond donors (Lipinski definition) is 1. The molecule has 0 amide bonds. The normalized spacial score (nSPS) is 10.6. The Morgan fingerprint density at radius 2 is 2.17 bits per heavy atom. The number of nitrogens with one attached hydrogen (secondary N) is 1. The first kappa shape index (κ1) is 12.6. The predicted octanol–water partition coefficient (Wildman–Crippen LogP) is 3.03. The molecule has 0 unspecified atom stereocenters. The molecule has 0 saturated carbocycles. The van der Waals surface area contributed by atoms with Crippen LogP contribution in [-0.4, -0.2) is 7.05 Å². The van der Waals surface area contributed by atoms with Crippen LogP contribution in [0.25, 0.3) is 0 Å². The second-order valence-electron chi connectivity index (χ2n) is 4.10. The lowest BCUT2D eigenvalue weighted by molar-refractivity contribution is 0.300. The Labute approximate surface area is 106 Å². The molecule has 1 aromatic carbocycles. The van der Waals surface area contributed by atoms with Gasteiger partial charge in [-0.25, -0.2) is 4.39 Å². The summed E-state index contributed by atoms with van der Waals surface area (Å²) in [6.45, 7) is 2.74. The Balaban J connectivity index is 2.02. The van der Waals surface area contributed by atoms with E-state index in [2.05, 4.69) is 5.32 Å². The molecule has 4 heteroatoms. The lowest BCUT2D eigenvalue weighted by atomic mass is 10.2. The van der Waals surface area contributed by atoms with Gasteiger partial charge in [0.1, 0.15) is 23.9 Å². The van der Waals surface area contributed by atoms with E-state index in [0.717, 1.165) is 11.3 Å². The number of furan rings is 1. The maximum atomic E-state index is 13.3. The highest BCUT2D eigenvalue weighted by Gasteiger charge is 2.07. The van der Waals surface area contributed by atoms with E-state index < -0.39 is 0 Å². The quantitative estimate of drug-likeness (QED) is 0.884. The number of ether oxygens (including phenoxy) is 1. The van der Waals surface area contributed by atoms with Crippen molar-refractivity contribution in [3.8, 4) is 5.75 Å². The van der Waals surface area contributed by atoms with E-state index in [1.165, 1.54) is 6.07 Å². The molecule has 2 rings (SSSR count). The average molecular weight is 249 g/mol. The monoisotopic (exact) mass is 249 g/mol. The maximum Gasteiger partial charge on any atom is 0.129 e. The van der Waals surface area contributed by atoms with Crippen LogP contribution < -0.4 is 10.1 Å². The molecule has 96 valence electrons. The molecule has 1 N–H and O–H groups in total. The lowest BCUT2D eigenvalue weighted by Crippen LogP contribution is -2.07. The van der Waals surface area contributed by atoms with E-state index in [1.54, 1.807) is 25.3 Å². The van der Waals surface area contributed by atoms with Crippen LogP contribution in [0.15, 0.2) is 34.9 Å². The van der Waals surface area contributed by atoms with Gasteiger partial charge in [-0.2, -0.15) is 0 Å². The van der Waals surface area contributed by atoms with Gasteiger partial charge in [-0.15, -0.1) is 0 Å². The molecule has 0 aliphatic heterocycles. The number of halogens is 1. The SMILES string of the molecule is CNCc1occc1COc1ccc(C)c(F)c1. The molecule has 2 aromatic rings. The lowest BCUT2D eigenvalue weighted by Gasteiger charge is -2.07. The van der Waals surface area contributed by atoms with Crippen LogP contribution in [0.1, 0.15) is 16.9 Å². The molecule has 0 radical (unpaired) electrons. The minimum atomic E-state index is -0.254. The Hall–Kier alpha value is -1.81. The molecular weight excluding hydrogens is 233 g/mol. The van der Waals surface area contributed by atoms with Crippen LogP contribution in [0, 0.1) is 12.7 Å². The van der Waals surface area contributed by atoms with E-state index in [4.69, 9.17) is 9.15 Å². The van der Waals surface area contributed by atoms with Crippen LogP contribution in [0.4, 0.5) is 4.39 Å². The first-order chi connectivity index (χ1) is 8.70. The fraction of sp³-hybridized carbons (Fsp3) is 0.286. The fourth-order valence-corrected chi connectivity index (χ4v) is 1.64. The van der Waals surface area contributed by atoms with Gasteiger partial charge in [0.25, 0.3) is 0 Å². The summed E-state index contributed by atoms with van der Waals surface area (Å²) in [4.78, 5) is 0. The molecule has 0 atom stereocenters. The summed E-state index contributed by atoms with van der Waals surface area (Å²) in [5.41, 5.74) is 1.58. The van der Waals surface area contributed by atoms with Crippen molar-refractivity contribution in [2.75, 3.05) is 7.05 Å². The first-order valence-electron chi connectivity index (χ1n) is 5.79.